The van der Waals surface area contributed by atoms with Gasteiger partial charge in [-0.3, -0.25) is 9.36 Å². The SMILES string of the molecule is Cc1c(F)c(F)nc2c1c(=O)ccn2-c1ccc(F)cc1F. The van der Waals surface area contributed by atoms with Crippen LogP contribution in [0.4, 0.5) is 17.6 Å². The van der Waals surface area contributed by atoms with E-state index < -0.39 is 28.8 Å². The minimum absolute atomic E-state index is 0.135. The Morgan fingerprint density at radius 3 is 2.50 bits per heavy atom. The van der Waals surface area contributed by atoms with E-state index in [-0.39, 0.29) is 22.3 Å². The van der Waals surface area contributed by atoms with E-state index in [2.05, 4.69) is 4.98 Å². The van der Waals surface area contributed by atoms with Gasteiger partial charge < -0.3 is 0 Å². The highest BCUT2D eigenvalue weighted by Gasteiger charge is 2.18. The van der Waals surface area contributed by atoms with Crippen LogP contribution in [-0.4, -0.2) is 9.55 Å². The van der Waals surface area contributed by atoms with E-state index in [1.54, 1.807) is 0 Å². The van der Waals surface area contributed by atoms with Gasteiger partial charge in [-0.1, -0.05) is 0 Å². The summed E-state index contributed by atoms with van der Waals surface area (Å²) in [5.74, 6) is -4.34. The molecule has 7 heteroatoms. The van der Waals surface area contributed by atoms with Crippen molar-refractivity contribution in [2.24, 2.45) is 0 Å². The van der Waals surface area contributed by atoms with Crippen LogP contribution in [0.15, 0.2) is 35.3 Å². The lowest BCUT2D eigenvalue weighted by atomic mass is 10.1. The molecule has 0 bridgehead atoms. The van der Waals surface area contributed by atoms with Crippen LogP contribution in [0.2, 0.25) is 0 Å². The van der Waals surface area contributed by atoms with Gasteiger partial charge in [-0.05, 0) is 19.1 Å². The third-order valence-electron chi connectivity index (χ3n) is 3.33. The predicted molar refractivity (Wildman–Crippen MR) is 71.9 cm³/mol. The van der Waals surface area contributed by atoms with Crippen LogP contribution < -0.4 is 5.43 Å². The minimum atomic E-state index is -1.40. The summed E-state index contributed by atoms with van der Waals surface area (Å²) in [6.07, 6.45) is 1.17. The molecule has 3 nitrogen and oxygen atoms in total. The van der Waals surface area contributed by atoms with E-state index in [9.17, 15) is 22.4 Å². The molecule has 0 unspecified atom stereocenters. The fraction of sp³-hybridized carbons (Fsp3) is 0.0667. The zero-order chi connectivity index (χ0) is 16.0. The summed E-state index contributed by atoms with van der Waals surface area (Å²) >= 11 is 0. The number of pyridine rings is 2. The Labute approximate surface area is 121 Å². The van der Waals surface area contributed by atoms with Crippen molar-refractivity contribution in [3.63, 3.8) is 0 Å². The maximum atomic E-state index is 13.9. The van der Waals surface area contributed by atoms with Gasteiger partial charge in [0.1, 0.15) is 11.6 Å². The number of halogens is 4. The summed E-state index contributed by atoms with van der Waals surface area (Å²) in [7, 11) is 0. The number of fused-ring (bicyclic) bond motifs is 1. The summed E-state index contributed by atoms with van der Waals surface area (Å²) in [5.41, 5.74) is -1.17. The average Bonchev–Trinajstić information content (AvgIpc) is 2.46. The highest BCUT2D eigenvalue weighted by atomic mass is 19.2. The highest BCUT2D eigenvalue weighted by molar-refractivity contribution is 5.80. The quantitative estimate of drug-likeness (QED) is 0.511. The maximum Gasteiger partial charge on any atom is 0.251 e. The first-order chi connectivity index (χ1) is 10.4. The van der Waals surface area contributed by atoms with Crippen molar-refractivity contribution in [3.8, 4) is 5.69 Å². The third kappa shape index (κ3) is 2.05. The molecule has 0 aliphatic rings. The van der Waals surface area contributed by atoms with Gasteiger partial charge in [0.25, 0.3) is 5.95 Å². The van der Waals surface area contributed by atoms with E-state index in [0.717, 1.165) is 22.8 Å². The summed E-state index contributed by atoms with van der Waals surface area (Å²) in [5, 5.41) is -0.162. The Hall–Kier alpha value is -2.70. The van der Waals surface area contributed by atoms with Crippen molar-refractivity contribution in [1.29, 1.82) is 0 Å². The van der Waals surface area contributed by atoms with Crippen molar-refractivity contribution in [2.45, 2.75) is 6.92 Å². The molecule has 0 spiro atoms. The minimum Gasteiger partial charge on any atom is -0.298 e. The van der Waals surface area contributed by atoms with Gasteiger partial charge in [0, 0.05) is 23.9 Å². The molecule has 112 valence electrons. The van der Waals surface area contributed by atoms with E-state index >= 15 is 0 Å². The van der Waals surface area contributed by atoms with Crippen molar-refractivity contribution in [3.05, 3.63) is 69.6 Å². The van der Waals surface area contributed by atoms with Crippen LogP contribution in [0.1, 0.15) is 5.56 Å². The molecule has 0 saturated heterocycles. The molecule has 0 atom stereocenters. The van der Waals surface area contributed by atoms with Gasteiger partial charge >= 0.3 is 0 Å². The van der Waals surface area contributed by atoms with Crippen LogP contribution in [0.5, 0.6) is 0 Å². The number of rotatable bonds is 1. The van der Waals surface area contributed by atoms with Gasteiger partial charge in [0.05, 0.1) is 11.1 Å². The Balaban J connectivity index is 2.46. The zero-order valence-corrected chi connectivity index (χ0v) is 11.2. The smallest absolute Gasteiger partial charge is 0.251 e. The summed E-state index contributed by atoms with van der Waals surface area (Å²) in [4.78, 5) is 15.3. The van der Waals surface area contributed by atoms with Crippen molar-refractivity contribution in [2.75, 3.05) is 0 Å². The molecule has 0 radical (unpaired) electrons. The number of aryl methyl sites for hydroxylation is 1. The van der Waals surface area contributed by atoms with Crippen LogP contribution in [0.3, 0.4) is 0 Å². The van der Waals surface area contributed by atoms with Gasteiger partial charge in [-0.2, -0.15) is 9.37 Å². The van der Waals surface area contributed by atoms with Gasteiger partial charge in [-0.25, -0.2) is 13.2 Å². The monoisotopic (exact) mass is 308 g/mol. The lowest BCUT2D eigenvalue weighted by Crippen LogP contribution is -2.13. The van der Waals surface area contributed by atoms with Gasteiger partial charge in [0.2, 0.25) is 0 Å². The van der Waals surface area contributed by atoms with E-state index in [1.165, 1.54) is 13.1 Å². The second-order valence-electron chi connectivity index (χ2n) is 4.69. The second kappa shape index (κ2) is 4.94. The highest BCUT2D eigenvalue weighted by Crippen LogP contribution is 2.22. The molecule has 0 amide bonds. The van der Waals surface area contributed by atoms with E-state index in [0.29, 0.717) is 6.07 Å². The topological polar surface area (TPSA) is 34.9 Å². The number of aromatic nitrogens is 2. The zero-order valence-electron chi connectivity index (χ0n) is 11.2. The maximum absolute atomic E-state index is 13.9. The Bertz CT molecular complexity index is 966. The van der Waals surface area contributed by atoms with Gasteiger partial charge in [0.15, 0.2) is 16.9 Å². The molecule has 22 heavy (non-hydrogen) atoms. The molecule has 0 aliphatic heterocycles. The van der Waals surface area contributed by atoms with Gasteiger partial charge in [-0.15, -0.1) is 0 Å². The van der Waals surface area contributed by atoms with Crippen molar-refractivity contribution >= 4 is 11.0 Å². The first-order valence-corrected chi connectivity index (χ1v) is 6.22. The fourth-order valence-electron chi connectivity index (χ4n) is 2.27. The summed E-state index contributed by atoms with van der Waals surface area (Å²) in [6.45, 7) is 1.23. The molecular formula is C15H8F4N2O. The first kappa shape index (κ1) is 14.2. The molecule has 2 heterocycles. The normalized spacial score (nSPS) is 11.1. The lowest BCUT2D eigenvalue weighted by molar-refractivity contribution is 0.478. The molecule has 3 aromatic rings. The molecule has 0 aliphatic carbocycles. The predicted octanol–water partition coefficient (Wildman–Crippen LogP) is 3.25. The Morgan fingerprint density at radius 2 is 1.82 bits per heavy atom. The molecule has 3 rings (SSSR count). The van der Waals surface area contributed by atoms with Crippen LogP contribution >= 0.6 is 0 Å². The second-order valence-corrected chi connectivity index (χ2v) is 4.69. The van der Waals surface area contributed by atoms with E-state index in [1.807, 2.05) is 0 Å². The number of nitrogens with zero attached hydrogens (tertiary/aromatic N) is 2. The standard InChI is InChI=1S/C15H8F4N2O/c1-7-12-11(22)4-5-21(15(12)20-14(19)13(7)18)10-3-2-8(16)6-9(10)17/h2-6H,1H3. The summed E-state index contributed by atoms with van der Waals surface area (Å²) < 4.78 is 55.1. The van der Waals surface area contributed by atoms with Crippen LogP contribution in [0.25, 0.3) is 16.7 Å². The molecular weight excluding hydrogens is 300 g/mol. The van der Waals surface area contributed by atoms with Crippen LogP contribution in [-0.2, 0) is 0 Å². The molecule has 2 aromatic heterocycles. The Kier molecular flexibility index (Phi) is 3.20. The summed E-state index contributed by atoms with van der Waals surface area (Å²) in [6, 6.07) is 3.85. The van der Waals surface area contributed by atoms with Crippen LogP contribution in [0, 0.1) is 30.3 Å². The molecule has 0 N–H and O–H groups in total. The molecule has 0 saturated carbocycles. The number of benzene rings is 1. The largest absolute Gasteiger partial charge is 0.298 e. The first-order valence-electron chi connectivity index (χ1n) is 6.22. The van der Waals surface area contributed by atoms with E-state index in [4.69, 9.17) is 0 Å². The third-order valence-corrected chi connectivity index (χ3v) is 3.33. The number of hydrogen-bond donors (Lipinski definition) is 0. The fourth-order valence-corrected chi connectivity index (χ4v) is 2.27. The molecule has 0 fully saturated rings. The lowest BCUT2D eigenvalue weighted by Gasteiger charge is -2.12. The van der Waals surface area contributed by atoms with Crippen molar-refractivity contribution in [1.82, 2.24) is 9.55 Å². The number of hydrogen-bond acceptors (Lipinski definition) is 2. The molecule has 1 aromatic carbocycles. The Morgan fingerprint density at radius 1 is 1.09 bits per heavy atom. The average molecular weight is 308 g/mol. The van der Waals surface area contributed by atoms with Crippen molar-refractivity contribution < 1.29 is 17.6 Å².